The van der Waals surface area contributed by atoms with Crippen LogP contribution in [-0.4, -0.2) is 31.6 Å². The van der Waals surface area contributed by atoms with E-state index in [4.69, 9.17) is 4.74 Å². The van der Waals surface area contributed by atoms with Crippen molar-refractivity contribution in [1.82, 2.24) is 10.2 Å². The number of benzene rings is 1. The number of nitrogens with zero attached hydrogens (tertiary/aromatic N) is 1. The van der Waals surface area contributed by atoms with Crippen LogP contribution in [0.4, 0.5) is 0 Å². The van der Waals surface area contributed by atoms with Crippen LogP contribution in [-0.2, 0) is 6.54 Å². The van der Waals surface area contributed by atoms with Crippen molar-refractivity contribution in [3.63, 3.8) is 0 Å². The molecule has 1 atom stereocenters. The minimum Gasteiger partial charge on any atom is -0.496 e. The van der Waals surface area contributed by atoms with E-state index in [0.29, 0.717) is 12.1 Å². The molecule has 0 fully saturated rings. The molecule has 0 aromatic heterocycles. The molecule has 3 heteroatoms. The monoisotopic (exact) mass is 264 g/mol. The molecule has 0 aliphatic rings. The van der Waals surface area contributed by atoms with Gasteiger partial charge < -0.3 is 10.1 Å². The summed E-state index contributed by atoms with van der Waals surface area (Å²) in [6, 6.07) is 7.37. The van der Waals surface area contributed by atoms with Crippen LogP contribution in [0.5, 0.6) is 5.75 Å². The molecule has 1 aromatic carbocycles. The van der Waals surface area contributed by atoms with Crippen LogP contribution in [0.2, 0.25) is 0 Å². The fraction of sp³-hybridized carbons (Fsp3) is 0.625. The second-order valence-electron chi connectivity index (χ2n) is 5.24. The Hall–Kier alpha value is -1.06. The zero-order valence-corrected chi connectivity index (χ0v) is 13.2. The van der Waals surface area contributed by atoms with Gasteiger partial charge in [0, 0.05) is 24.2 Å². The molecule has 0 radical (unpaired) electrons. The van der Waals surface area contributed by atoms with E-state index < -0.39 is 0 Å². The summed E-state index contributed by atoms with van der Waals surface area (Å²) in [5, 5.41) is 3.28. The van der Waals surface area contributed by atoms with Crippen molar-refractivity contribution in [2.75, 3.05) is 20.7 Å². The maximum absolute atomic E-state index is 5.49. The van der Waals surface area contributed by atoms with Gasteiger partial charge >= 0.3 is 0 Å². The average Bonchev–Trinajstić information content (AvgIpc) is 2.43. The van der Waals surface area contributed by atoms with Crippen LogP contribution in [0, 0.1) is 0 Å². The van der Waals surface area contributed by atoms with E-state index in [2.05, 4.69) is 56.1 Å². The van der Waals surface area contributed by atoms with Crippen molar-refractivity contribution in [3.05, 3.63) is 29.3 Å². The highest BCUT2D eigenvalue weighted by molar-refractivity contribution is 5.38. The van der Waals surface area contributed by atoms with Gasteiger partial charge in [-0.15, -0.1) is 0 Å². The average molecular weight is 264 g/mol. The highest BCUT2D eigenvalue weighted by atomic mass is 16.5. The number of nitrogens with one attached hydrogen (secondary N) is 1. The minimum atomic E-state index is 0.360. The Morgan fingerprint density at radius 3 is 2.42 bits per heavy atom. The SMILES string of the molecule is CCN(Cc1cc(C(C)NC)ccc1OC)C(C)C. The summed E-state index contributed by atoms with van der Waals surface area (Å²) in [6.45, 7) is 10.8. The first-order valence-corrected chi connectivity index (χ1v) is 7.11. The summed E-state index contributed by atoms with van der Waals surface area (Å²) in [5.74, 6) is 0.978. The summed E-state index contributed by atoms with van der Waals surface area (Å²) in [5.41, 5.74) is 2.57. The Balaban J connectivity index is 3.01. The van der Waals surface area contributed by atoms with Gasteiger partial charge in [-0.3, -0.25) is 4.90 Å². The van der Waals surface area contributed by atoms with E-state index in [1.807, 2.05) is 7.05 Å². The summed E-state index contributed by atoms with van der Waals surface area (Å²) < 4.78 is 5.49. The first kappa shape index (κ1) is 16.0. The van der Waals surface area contributed by atoms with Crippen molar-refractivity contribution in [2.45, 2.75) is 46.3 Å². The van der Waals surface area contributed by atoms with E-state index in [0.717, 1.165) is 18.8 Å². The molecule has 0 heterocycles. The standard InChI is InChI=1S/C16H28N2O/c1-7-18(12(2)3)11-15-10-14(13(4)17-5)8-9-16(15)19-6/h8-10,12-13,17H,7,11H2,1-6H3. The number of methoxy groups -OCH3 is 1. The normalized spacial score (nSPS) is 13.1. The molecule has 3 nitrogen and oxygen atoms in total. The third-order valence-electron chi connectivity index (χ3n) is 3.75. The Kier molecular flexibility index (Phi) is 6.32. The summed E-state index contributed by atoms with van der Waals surface area (Å²) >= 11 is 0. The quantitative estimate of drug-likeness (QED) is 0.818. The molecule has 0 spiro atoms. The zero-order valence-electron chi connectivity index (χ0n) is 13.2. The number of hydrogen-bond donors (Lipinski definition) is 1. The predicted octanol–water partition coefficient (Wildman–Crippen LogP) is 3.21. The van der Waals surface area contributed by atoms with Gasteiger partial charge in [-0.1, -0.05) is 13.0 Å². The minimum absolute atomic E-state index is 0.360. The molecular formula is C16H28N2O. The van der Waals surface area contributed by atoms with E-state index in [1.165, 1.54) is 11.1 Å². The molecule has 0 aliphatic carbocycles. The lowest BCUT2D eigenvalue weighted by Gasteiger charge is -2.26. The second-order valence-corrected chi connectivity index (χ2v) is 5.24. The molecule has 1 unspecified atom stereocenters. The van der Waals surface area contributed by atoms with Gasteiger partial charge in [-0.05, 0) is 52.1 Å². The van der Waals surface area contributed by atoms with Crippen molar-refractivity contribution in [2.24, 2.45) is 0 Å². The number of rotatable bonds is 7. The maximum atomic E-state index is 5.49. The fourth-order valence-corrected chi connectivity index (χ4v) is 2.24. The lowest BCUT2D eigenvalue weighted by molar-refractivity contribution is 0.221. The van der Waals surface area contributed by atoms with Gasteiger partial charge in [-0.25, -0.2) is 0 Å². The molecule has 0 saturated heterocycles. The molecule has 1 N–H and O–H groups in total. The van der Waals surface area contributed by atoms with E-state index in [9.17, 15) is 0 Å². The van der Waals surface area contributed by atoms with Crippen LogP contribution < -0.4 is 10.1 Å². The van der Waals surface area contributed by atoms with Crippen LogP contribution in [0.3, 0.4) is 0 Å². The molecule has 0 amide bonds. The zero-order chi connectivity index (χ0) is 14.4. The van der Waals surface area contributed by atoms with E-state index in [1.54, 1.807) is 7.11 Å². The first-order chi connectivity index (χ1) is 9.03. The van der Waals surface area contributed by atoms with Crippen molar-refractivity contribution in [3.8, 4) is 5.75 Å². The maximum Gasteiger partial charge on any atom is 0.123 e. The highest BCUT2D eigenvalue weighted by Gasteiger charge is 2.13. The highest BCUT2D eigenvalue weighted by Crippen LogP contribution is 2.25. The Morgan fingerprint density at radius 2 is 1.95 bits per heavy atom. The third kappa shape index (κ3) is 4.22. The third-order valence-corrected chi connectivity index (χ3v) is 3.75. The summed E-state index contributed by atoms with van der Waals surface area (Å²) in [6.07, 6.45) is 0. The van der Waals surface area contributed by atoms with Crippen LogP contribution >= 0.6 is 0 Å². The Morgan fingerprint density at radius 1 is 1.26 bits per heavy atom. The van der Waals surface area contributed by atoms with Crippen molar-refractivity contribution < 1.29 is 4.74 Å². The molecule has 0 aliphatic heterocycles. The molecule has 1 aromatic rings. The smallest absolute Gasteiger partial charge is 0.123 e. The Bertz CT molecular complexity index is 390. The molecular weight excluding hydrogens is 236 g/mol. The van der Waals surface area contributed by atoms with E-state index in [-0.39, 0.29) is 0 Å². The fourth-order valence-electron chi connectivity index (χ4n) is 2.24. The summed E-state index contributed by atoms with van der Waals surface area (Å²) in [4.78, 5) is 2.44. The Labute approximate surface area is 118 Å². The van der Waals surface area contributed by atoms with Crippen molar-refractivity contribution in [1.29, 1.82) is 0 Å². The lowest BCUT2D eigenvalue weighted by atomic mass is 10.0. The van der Waals surface area contributed by atoms with Gasteiger partial charge in [0.15, 0.2) is 0 Å². The van der Waals surface area contributed by atoms with Gasteiger partial charge in [0.1, 0.15) is 5.75 Å². The van der Waals surface area contributed by atoms with E-state index >= 15 is 0 Å². The van der Waals surface area contributed by atoms with Crippen LogP contribution in [0.1, 0.15) is 44.9 Å². The van der Waals surface area contributed by atoms with Crippen LogP contribution in [0.15, 0.2) is 18.2 Å². The van der Waals surface area contributed by atoms with Crippen LogP contribution in [0.25, 0.3) is 0 Å². The van der Waals surface area contributed by atoms with Gasteiger partial charge in [-0.2, -0.15) is 0 Å². The van der Waals surface area contributed by atoms with Gasteiger partial charge in [0.25, 0.3) is 0 Å². The second kappa shape index (κ2) is 7.51. The predicted molar refractivity (Wildman–Crippen MR) is 81.7 cm³/mol. The topological polar surface area (TPSA) is 24.5 Å². The summed E-state index contributed by atoms with van der Waals surface area (Å²) in [7, 11) is 3.73. The molecule has 19 heavy (non-hydrogen) atoms. The lowest BCUT2D eigenvalue weighted by Crippen LogP contribution is -2.30. The largest absolute Gasteiger partial charge is 0.496 e. The molecule has 0 saturated carbocycles. The van der Waals surface area contributed by atoms with Gasteiger partial charge in [0.05, 0.1) is 7.11 Å². The first-order valence-electron chi connectivity index (χ1n) is 7.11. The number of ether oxygens (including phenoxy) is 1. The van der Waals surface area contributed by atoms with Crippen molar-refractivity contribution >= 4 is 0 Å². The molecule has 108 valence electrons. The molecule has 1 rings (SSSR count). The molecule has 0 bridgehead atoms. The van der Waals surface area contributed by atoms with Gasteiger partial charge in [0.2, 0.25) is 0 Å². The number of hydrogen-bond acceptors (Lipinski definition) is 3.